The molecule has 0 spiro atoms. The molecule has 0 unspecified atom stereocenters. The van der Waals surface area contributed by atoms with E-state index in [9.17, 15) is 0 Å². The highest BCUT2D eigenvalue weighted by Gasteiger charge is 2.05. The van der Waals surface area contributed by atoms with Crippen molar-refractivity contribution < 1.29 is 4.74 Å². The molecular weight excluding hydrogens is 236 g/mol. The first-order valence-electron chi connectivity index (χ1n) is 6.50. The Hall–Kier alpha value is -1.71. The second-order valence-corrected chi connectivity index (χ2v) is 4.61. The van der Waals surface area contributed by atoms with Gasteiger partial charge in [0, 0.05) is 25.9 Å². The van der Waals surface area contributed by atoms with Gasteiger partial charge in [-0.3, -0.25) is 4.98 Å². The topological polar surface area (TPSA) is 34.1 Å². The van der Waals surface area contributed by atoms with Crippen LogP contribution in [0.4, 0.5) is 0 Å². The zero-order valence-corrected chi connectivity index (χ0v) is 11.5. The van der Waals surface area contributed by atoms with Gasteiger partial charge in [0.15, 0.2) is 0 Å². The van der Waals surface area contributed by atoms with Gasteiger partial charge in [0.05, 0.1) is 12.3 Å². The number of nitrogens with one attached hydrogen (secondary N) is 1. The molecule has 1 aromatic heterocycles. The number of aromatic nitrogens is 1. The van der Waals surface area contributed by atoms with Gasteiger partial charge in [-0.25, -0.2) is 0 Å². The minimum Gasteiger partial charge on any atom is -0.380 e. The Morgan fingerprint density at radius 2 is 2.00 bits per heavy atom. The number of hydrogen-bond acceptors (Lipinski definition) is 3. The molecule has 1 heterocycles. The van der Waals surface area contributed by atoms with E-state index in [1.807, 2.05) is 24.4 Å². The lowest BCUT2D eigenvalue weighted by molar-refractivity contribution is 0.185. The second kappa shape index (κ2) is 7.02. The maximum Gasteiger partial charge on any atom is 0.0713 e. The molecule has 1 N–H and O–H groups in total. The number of hydrogen-bond donors (Lipinski definition) is 1. The smallest absolute Gasteiger partial charge is 0.0713 e. The third kappa shape index (κ3) is 4.16. The van der Waals surface area contributed by atoms with Crippen molar-refractivity contribution in [2.24, 2.45) is 0 Å². The van der Waals surface area contributed by atoms with Gasteiger partial charge >= 0.3 is 0 Å². The van der Waals surface area contributed by atoms with Crippen LogP contribution in [-0.2, 0) is 17.9 Å². The lowest BCUT2D eigenvalue weighted by Crippen LogP contribution is -2.19. The van der Waals surface area contributed by atoms with E-state index in [-0.39, 0.29) is 6.04 Å². The van der Waals surface area contributed by atoms with Crippen molar-refractivity contribution in [3.63, 3.8) is 0 Å². The summed E-state index contributed by atoms with van der Waals surface area (Å²) in [6.07, 6.45) is 1.83. The average molecular weight is 256 g/mol. The van der Waals surface area contributed by atoms with E-state index >= 15 is 0 Å². The van der Waals surface area contributed by atoms with Crippen LogP contribution in [0.15, 0.2) is 48.7 Å². The molecule has 0 fully saturated rings. The van der Waals surface area contributed by atoms with Crippen molar-refractivity contribution in [2.75, 3.05) is 7.11 Å². The molecule has 0 radical (unpaired) electrons. The number of pyridine rings is 1. The van der Waals surface area contributed by atoms with Gasteiger partial charge in [0.25, 0.3) is 0 Å². The number of nitrogens with zero attached hydrogens (tertiary/aromatic N) is 1. The van der Waals surface area contributed by atoms with Gasteiger partial charge in [-0.2, -0.15) is 0 Å². The fourth-order valence-electron chi connectivity index (χ4n) is 2.00. The molecule has 0 aliphatic carbocycles. The van der Waals surface area contributed by atoms with Gasteiger partial charge in [0.1, 0.15) is 0 Å². The zero-order chi connectivity index (χ0) is 13.5. The Morgan fingerprint density at radius 1 is 1.16 bits per heavy atom. The molecule has 3 heteroatoms. The van der Waals surface area contributed by atoms with Crippen LogP contribution in [0, 0.1) is 0 Å². The minimum absolute atomic E-state index is 0.243. The predicted molar refractivity (Wildman–Crippen MR) is 76.6 cm³/mol. The molecule has 2 aromatic rings. The van der Waals surface area contributed by atoms with Gasteiger partial charge in [-0.05, 0) is 30.2 Å². The fourth-order valence-corrected chi connectivity index (χ4v) is 2.00. The van der Waals surface area contributed by atoms with E-state index in [2.05, 4.69) is 41.5 Å². The highest BCUT2D eigenvalue weighted by Crippen LogP contribution is 2.11. The fraction of sp³-hybridized carbons (Fsp3) is 0.312. The van der Waals surface area contributed by atoms with Crippen LogP contribution in [0.25, 0.3) is 0 Å². The van der Waals surface area contributed by atoms with Crippen molar-refractivity contribution in [3.05, 3.63) is 65.5 Å². The normalized spacial score (nSPS) is 12.3. The highest BCUT2D eigenvalue weighted by molar-refractivity contribution is 5.23. The minimum atomic E-state index is 0.243. The standard InChI is InChI=1S/C16H20N2O/c1-13(16-8-3-4-9-17-16)18-11-14-6-5-7-15(10-14)12-19-2/h3-10,13,18H,11-12H2,1-2H3/t13-/m1/s1. The summed E-state index contributed by atoms with van der Waals surface area (Å²) in [4.78, 5) is 4.36. The maximum absolute atomic E-state index is 5.15. The van der Waals surface area contributed by atoms with Crippen molar-refractivity contribution in [1.82, 2.24) is 10.3 Å². The summed E-state index contributed by atoms with van der Waals surface area (Å²) in [6, 6.07) is 14.7. The number of benzene rings is 1. The van der Waals surface area contributed by atoms with Crippen LogP contribution in [-0.4, -0.2) is 12.1 Å². The monoisotopic (exact) mass is 256 g/mol. The summed E-state index contributed by atoms with van der Waals surface area (Å²) in [6.45, 7) is 3.61. The number of rotatable bonds is 6. The Kier molecular flexibility index (Phi) is 5.07. The molecule has 1 atom stereocenters. The third-order valence-corrected chi connectivity index (χ3v) is 3.05. The van der Waals surface area contributed by atoms with Crippen LogP contribution in [0.2, 0.25) is 0 Å². The molecule has 1 aromatic carbocycles. The van der Waals surface area contributed by atoms with Crippen molar-refractivity contribution >= 4 is 0 Å². The third-order valence-electron chi connectivity index (χ3n) is 3.05. The molecule has 0 amide bonds. The molecular formula is C16H20N2O. The van der Waals surface area contributed by atoms with Crippen LogP contribution < -0.4 is 5.32 Å². The van der Waals surface area contributed by atoms with E-state index in [1.165, 1.54) is 11.1 Å². The molecule has 19 heavy (non-hydrogen) atoms. The zero-order valence-electron chi connectivity index (χ0n) is 11.5. The Morgan fingerprint density at radius 3 is 2.74 bits per heavy atom. The number of ether oxygens (including phenoxy) is 1. The summed E-state index contributed by atoms with van der Waals surface area (Å²) >= 11 is 0. The molecule has 2 rings (SSSR count). The Balaban J connectivity index is 1.93. The van der Waals surface area contributed by atoms with Crippen LogP contribution >= 0.6 is 0 Å². The first kappa shape index (κ1) is 13.7. The molecule has 0 saturated heterocycles. The summed E-state index contributed by atoms with van der Waals surface area (Å²) in [5, 5.41) is 3.48. The van der Waals surface area contributed by atoms with E-state index < -0.39 is 0 Å². The Labute approximate surface area is 114 Å². The largest absolute Gasteiger partial charge is 0.380 e. The first-order valence-corrected chi connectivity index (χ1v) is 6.50. The molecule has 100 valence electrons. The lowest BCUT2D eigenvalue weighted by Gasteiger charge is -2.13. The van der Waals surface area contributed by atoms with Crippen molar-refractivity contribution in [1.29, 1.82) is 0 Å². The second-order valence-electron chi connectivity index (χ2n) is 4.61. The quantitative estimate of drug-likeness (QED) is 0.862. The maximum atomic E-state index is 5.15. The van der Waals surface area contributed by atoms with Crippen molar-refractivity contribution in [3.8, 4) is 0 Å². The van der Waals surface area contributed by atoms with Crippen LogP contribution in [0.1, 0.15) is 29.8 Å². The van der Waals surface area contributed by atoms with E-state index in [0.29, 0.717) is 6.61 Å². The summed E-state index contributed by atoms with van der Waals surface area (Å²) in [5.74, 6) is 0. The average Bonchev–Trinajstić information content (AvgIpc) is 2.46. The SMILES string of the molecule is COCc1cccc(CN[C@H](C)c2ccccn2)c1. The van der Waals surface area contributed by atoms with Crippen molar-refractivity contribution in [2.45, 2.75) is 26.1 Å². The van der Waals surface area contributed by atoms with Gasteiger partial charge in [-0.1, -0.05) is 30.3 Å². The van der Waals surface area contributed by atoms with Gasteiger partial charge in [0.2, 0.25) is 0 Å². The summed E-state index contributed by atoms with van der Waals surface area (Å²) in [5.41, 5.74) is 3.53. The van der Waals surface area contributed by atoms with E-state index in [1.54, 1.807) is 7.11 Å². The molecule has 0 saturated carbocycles. The molecule has 0 aliphatic rings. The number of methoxy groups -OCH3 is 1. The first-order chi connectivity index (χ1) is 9.29. The van der Waals surface area contributed by atoms with E-state index in [0.717, 1.165) is 12.2 Å². The molecule has 0 aliphatic heterocycles. The summed E-state index contributed by atoms with van der Waals surface area (Å²) < 4.78 is 5.15. The van der Waals surface area contributed by atoms with Gasteiger partial charge < -0.3 is 10.1 Å². The van der Waals surface area contributed by atoms with Gasteiger partial charge in [-0.15, -0.1) is 0 Å². The predicted octanol–water partition coefficient (Wildman–Crippen LogP) is 3.08. The van der Waals surface area contributed by atoms with E-state index in [4.69, 9.17) is 4.74 Å². The molecule has 0 bridgehead atoms. The van der Waals surface area contributed by atoms with Crippen LogP contribution in [0.3, 0.4) is 0 Å². The molecule has 3 nitrogen and oxygen atoms in total. The highest BCUT2D eigenvalue weighted by atomic mass is 16.5. The lowest BCUT2D eigenvalue weighted by atomic mass is 10.1. The summed E-state index contributed by atoms with van der Waals surface area (Å²) in [7, 11) is 1.72. The van der Waals surface area contributed by atoms with Crippen LogP contribution in [0.5, 0.6) is 0 Å². The Bertz CT molecular complexity index is 499.